The van der Waals surface area contributed by atoms with Crippen molar-refractivity contribution >= 4 is 20.0 Å². The van der Waals surface area contributed by atoms with Crippen molar-refractivity contribution in [3.63, 3.8) is 0 Å². The summed E-state index contributed by atoms with van der Waals surface area (Å²) in [7, 11) is -7.11. The molecule has 0 saturated heterocycles. The van der Waals surface area contributed by atoms with Crippen molar-refractivity contribution in [3.05, 3.63) is 0 Å². The predicted molar refractivity (Wildman–Crippen MR) is 120 cm³/mol. The molecule has 0 radical (unpaired) electrons. The number of nitrogens with two attached hydrogens (primary N) is 2. The van der Waals surface area contributed by atoms with Crippen LogP contribution in [-0.4, -0.2) is 41.1 Å². The molecule has 0 heterocycles. The Morgan fingerprint density at radius 1 is 0.793 bits per heavy atom. The molecule has 0 bridgehead atoms. The number of ether oxygens (including phenoxy) is 1. The summed E-state index contributed by atoms with van der Waals surface area (Å²) in [5.74, 6) is -0.0593. The van der Waals surface area contributed by atoms with Crippen LogP contribution in [0.3, 0.4) is 0 Å². The topological polar surface area (TPSA) is 130 Å². The van der Waals surface area contributed by atoms with Gasteiger partial charge in [0.1, 0.15) is 0 Å². The number of hydrogen-bond donors (Lipinski definition) is 2. The van der Waals surface area contributed by atoms with Gasteiger partial charge in [0, 0.05) is 12.0 Å². The van der Waals surface area contributed by atoms with Crippen LogP contribution >= 0.6 is 0 Å². The number of primary sulfonamides is 2. The fourth-order valence-corrected chi connectivity index (χ4v) is 7.17. The van der Waals surface area contributed by atoms with E-state index in [1.54, 1.807) is 0 Å². The van der Waals surface area contributed by atoms with Crippen molar-refractivity contribution in [1.29, 1.82) is 0 Å². The van der Waals surface area contributed by atoms with Crippen LogP contribution in [0.1, 0.15) is 92.4 Å². The first kappa shape index (κ1) is 28.8. The standard InChI is InChI=1S/C20H44N2O5S2/c1-6-13-18(20(9-4,10-5)17-29(22,25)26)27-15-12-11-14-19(7-2,8-3)16-28(21,23)24/h18H,6-17H2,1-5H3,(H2,21,23,24)(H2,22,25,26). The summed E-state index contributed by atoms with van der Waals surface area (Å²) in [5, 5.41) is 10.7. The second-order valence-corrected chi connectivity index (χ2v) is 11.7. The maximum absolute atomic E-state index is 11.8. The van der Waals surface area contributed by atoms with Gasteiger partial charge in [-0.15, -0.1) is 0 Å². The number of rotatable bonds is 17. The zero-order valence-corrected chi connectivity index (χ0v) is 20.7. The van der Waals surface area contributed by atoms with Gasteiger partial charge < -0.3 is 4.74 Å². The van der Waals surface area contributed by atoms with Gasteiger partial charge in [-0.25, -0.2) is 27.1 Å². The fourth-order valence-electron chi connectivity index (χ4n) is 4.37. The van der Waals surface area contributed by atoms with Crippen LogP contribution in [0.15, 0.2) is 0 Å². The normalized spacial score (nSPS) is 14.9. The van der Waals surface area contributed by atoms with Gasteiger partial charge in [0.15, 0.2) is 0 Å². The lowest BCUT2D eigenvalue weighted by molar-refractivity contribution is -0.0429. The zero-order valence-electron chi connectivity index (χ0n) is 19.1. The van der Waals surface area contributed by atoms with Crippen LogP contribution in [0.2, 0.25) is 0 Å². The van der Waals surface area contributed by atoms with Crippen molar-refractivity contribution < 1.29 is 21.6 Å². The Hall–Kier alpha value is -0.220. The van der Waals surface area contributed by atoms with E-state index in [1.165, 1.54) is 0 Å². The van der Waals surface area contributed by atoms with Crippen LogP contribution in [0.25, 0.3) is 0 Å². The van der Waals surface area contributed by atoms with Gasteiger partial charge in [0.25, 0.3) is 0 Å². The highest BCUT2D eigenvalue weighted by Gasteiger charge is 2.39. The van der Waals surface area contributed by atoms with Gasteiger partial charge in [-0.05, 0) is 50.4 Å². The third-order valence-corrected chi connectivity index (χ3v) is 8.55. The van der Waals surface area contributed by atoms with E-state index in [9.17, 15) is 16.8 Å². The summed E-state index contributed by atoms with van der Waals surface area (Å²) in [5.41, 5.74) is -0.769. The monoisotopic (exact) mass is 456 g/mol. The van der Waals surface area contributed by atoms with E-state index in [-0.39, 0.29) is 23.0 Å². The van der Waals surface area contributed by atoms with Crippen molar-refractivity contribution in [2.45, 2.75) is 98.5 Å². The lowest BCUT2D eigenvalue weighted by atomic mass is 9.77. The molecule has 9 heteroatoms. The molecular formula is C20H44N2O5S2. The van der Waals surface area contributed by atoms with Crippen LogP contribution in [0.5, 0.6) is 0 Å². The minimum absolute atomic E-state index is 0.00938. The third-order valence-electron chi connectivity index (χ3n) is 6.56. The summed E-state index contributed by atoms with van der Waals surface area (Å²) in [4.78, 5) is 0. The lowest BCUT2D eigenvalue weighted by Gasteiger charge is -2.39. The molecule has 29 heavy (non-hydrogen) atoms. The summed E-state index contributed by atoms with van der Waals surface area (Å²) in [6.45, 7) is 10.6. The zero-order chi connectivity index (χ0) is 22.8. The van der Waals surface area contributed by atoms with E-state index >= 15 is 0 Å². The molecule has 0 amide bonds. The SMILES string of the molecule is CCCC(OCCCCC(CC)(CC)CS(N)(=O)=O)C(CC)(CC)CS(N)(=O)=O. The van der Waals surface area contributed by atoms with Gasteiger partial charge in [-0.1, -0.05) is 47.5 Å². The Morgan fingerprint density at radius 2 is 1.31 bits per heavy atom. The first-order valence-electron chi connectivity index (χ1n) is 10.9. The number of hydrogen-bond acceptors (Lipinski definition) is 5. The van der Waals surface area contributed by atoms with Crippen molar-refractivity contribution in [2.24, 2.45) is 21.1 Å². The average molecular weight is 457 g/mol. The van der Waals surface area contributed by atoms with Crippen LogP contribution in [0.4, 0.5) is 0 Å². The van der Waals surface area contributed by atoms with E-state index < -0.39 is 25.5 Å². The van der Waals surface area contributed by atoms with Gasteiger partial charge in [0.05, 0.1) is 17.6 Å². The minimum Gasteiger partial charge on any atom is -0.378 e. The molecule has 1 atom stereocenters. The number of unbranched alkanes of at least 4 members (excludes halogenated alkanes) is 1. The predicted octanol–water partition coefficient (Wildman–Crippen LogP) is 3.53. The summed E-state index contributed by atoms with van der Waals surface area (Å²) < 4.78 is 53.0. The molecule has 176 valence electrons. The molecule has 0 fully saturated rings. The van der Waals surface area contributed by atoms with Gasteiger partial charge in [-0.2, -0.15) is 0 Å². The Bertz CT molecular complexity index is 654. The Morgan fingerprint density at radius 3 is 1.69 bits per heavy atom. The molecule has 0 rings (SSSR count). The first-order chi connectivity index (χ1) is 13.3. The molecule has 0 aromatic heterocycles. The van der Waals surface area contributed by atoms with E-state index in [1.807, 2.05) is 27.7 Å². The first-order valence-corrected chi connectivity index (χ1v) is 14.4. The van der Waals surface area contributed by atoms with Gasteiger partial charge >= 0.3 is 0 Å². The third kappa shape index (κ3) is 10.6. The quantitative estimate of drug-likeness (QED) is 0.323. The van der Waals surface area contributed by atoms with Crippen molar-refractivity contribution in [1.82, 2.24) is 0 Å². The van der Waals surface area contributed by atoms with Crippen LogP contribution in [-0.2, 0) is 24.8 Å². The van der Waals surface area contributed by atoms with E-state index in [2.05, 4.69) is 6.92 Å². The summed E-state index contributed by atoms with van der Waals surface area (Å²) >= 11 is 0. The summed E-state index contributed by atoms with van der Waals surface area (Å²) in [6.07, 6.45) is 6.86. The maximum atomic E-state index is 11.8. The second kappa shape index (κ2) is 12.6. The van der Waals surface area contributed by atoms with Gasteiger partial charge in [0.2, 0.25) is 20.0 Å². The molecule has 7 nitrogen and oxygen atoms in total. The van der Waals surface area contributed by atoms with Crippen molar-refractivity contribution in [2.75, 3.05) is 18.1 Å². The molecule has 1 unspecified atom stereocenters. The Labute approximate surface area is 179 Å². The van der Waals surface area contributed by atoms with Gasteiger partial charge in [-0.3, -0.25) is 0 Å². The molecule has 0 aliphatic carbocycles. The average Bonchev–Trinajstić information content (AvgIpc) is 2.62. The molecular weight excluding hydrogens is 412 g/mol. The maximum Gasteiger partial charge on any atom is 0.209 e. The Kier molecular flexibility index (Phi) is 12.5. The molecule has 0 aliphatic rings. The van der Waals surface area contributed by atoms with Crippen LogP contribution < -0.4 is 10.3 Å². The molecule has 0 saturated carbocycles. The second-order valence-electron chi connectivity index (χ2n) is 8.50. The van der Waals surface area contributed by atoms with E-state index in [0.717, 1.165) is 44.9 Å². The van der Waals surface area contributed by atoms with E-state index in [4.69, 9.17) is 15.0 Å². The Balaban J connectivity index is 4.97. The highest BCUT2D eigenvalue weighted by atomic mass is 32.2. The van der Waals surface area contributed by atoms with Crippen molar-refractivity contribution in [3.8, 4) is 0 Å². The molecule has 0 aliphatic heterocycles. The molecule has 0 spiro atoms. The lowest BCUT2D eigenvalue weighted by Crippen LogP contribution is -2.44. The fraction of sp³-hybridized carbons (Fsp3) is 1.00. The highest BCUT2D eigenvalue weighted by Crippen LogP contribution is 2.37. The largest absolute Gasteiger partial charge is 0.378 e. The molecule has 0 aromatic carbocycles. The summed E-state index contributed by atoms with van der Waals surface area (Å²) in [6, 6.07) is 0. The smallest absolute Gasteiger partial charge is 0.209 e. The molecule has 0 aromatic rings. The van der Waals surface area contributed by atoms with E-state index in [0.29, 0.717) is 19.4 Å². The highest BCUT2D eigenvalue weighted by molar-refractivity contribution is 7.89. The number of sulfonamides is 2. The molecule has 4 N–H and O–H groups in total. The van der Waals surface area contributed by atoms with Crippen LogP contribution in [0, 0.1) is 10.8 Å². The minimum atomic E-state index is -3.60.